The molecule has 0 spiro atoms. The molecule has 1 atom stereocenters. The summed E-state index contributed by atoms with van der Waals surface area (Å²) in [4.78, 5) is 23.5. The van der Waals surface area contributed by atoms with Crippen molar-refractivity contribution in [1.29, 1.82) is 0 Å². The zero-order valence-electron chi connectivity index (χ0n) is 13.8. The smallest absolute Gasteiger partial charge is 0.340 e. The van der Waals surface area contributed by atoms with Crippen molar-refractivity contribution in [1.82, 2.24) is 10.8 Å². The fraction of sp³-hybridized carbons (Fsp3) is 0.176. The van der Waals surface area contributed by atoms with Crippen molar-refractivity contribution in [3.63, 3.8) is 0 Å². The monoisotopic (exact) mass is 398 g/mol. The number of hydroxylamine groups is 1. The van der Waals surface area contributed by atoms with Crippen LogP contribution < -0.4 is 10.8 Å². The van der Waals surface area contributed by atoms with Crippen molar-refractivity contribution in [2.75, 3.05) is 0 Å². The third kappa shape index (κ3) is 5.08. The summed E-state index contributed by atoms with van der Waals surface area (Å²) >= 11 is 0. The molecule has 2 rings (SSSR count). The molecule has 7 nitrogen and oxygen atoms in total. The summed E-state index contributed by atoms with van der Waals surface area (Å²) in [5.74, 6) is -5.15. The quantitative estimate of drug-likeness (QED) is 0.484. The fourth-order valence-electron chi connectivity index (χ4n) is 2.28. The Bertz CT molecular complexity index is 903. The lowest BCUT2D eigenvalue weighted by molar-refractivity contribution is -0.131. The van der Waals surface area contributed by atoms with Gasteiger partial charge in [0.25, 0.3) is 11.8 Å². The van der Waals surface area contributed by atoms with Gasteiger partial charge in [0.15, 0.2) is 0 Å². The number of carbonyl (C=O) groups is 2. The van der Waals surface area contributed by atoms with E-state index in [2.05, 4.69) is 5.32 Å². The molecule has 0 heterocycles. The van der Waals surface area contributed by atoms with E-state index in [0.717, 1.165) is 29.8 Å². The van der Waals surface area contributed by atoms with Crippen LogP contribution in [0.2, 0.25) is 0 Å². The number of rotatable bonds is 7. The first-order valence-electron chi connectivity index (χ1n) is 7.66. The first kappa shape index (κ1) is 20.5. The number of hydrogen-bond acceptors (Lipinski definition) is 5. The molecule has 0 radical (unpaired) electrons. The molecule has 10 heteroatoms. The Morgan fingerprint density at radius 2 is 1.59 bits per heavy atom. The second-order valence-corrected chi connectivity index (χ2v) is 7.44. The van der Waals surface area contributed by atoms with Gasteiger partial charge < -0.3 is 5.32 Å². The molecule has 0 aliphatic heterocycles. The summed E-state index contributed by atoms with van der Waals surface area (Å²) in [7, 11) is -4.76. The lowest BCUT2D eigenvalue weighted by atomic mass is 10.0. The average molecular weight is 398 g/mol. The summed E-state index contributed by atoms with van der Waals surface area (Å²) in [5.41, 5.74) is 2.16. The second-order valence-electron chi connectivity index (χ2n) is 5.52. The van der Waals surface area contributed by atoms with Gasteiger partial charge in [-0.3, -0.25) is 14.8 Å². The molecule has 0 aliphatic rings. The molecular weight excluding hydrogens is 382 g/mol. The predicted octanol–water partition coefficient (Wildman–Crippen LogP) is 1.53. The van der Waals surface area contributed by atoms with E-state index in [9.17, 15) is 26.8 Å². The lowest BCUT2D eigenvalue weighted by Crippen LogP contribution is -2.47. The van der Waals surface area contributed by atoms with E-state index in [4.69, 9.17) is 5.21 Å². The molecular formula is C17H16F2N2O5S. The van der Waals surface area contributed by atoms with Crippen molar-refractivity contribution in [2.24, 2.45) is 0 Å². The molecule has 1 unspecified atom stereocenters. The maximum atomic E-state index is 12.5. The minimum atomic E-state index is -4.76. The highest BCUT2D eigenvalue weighted by molar-refractivity contribution is 7.91. The minimum Gasteiger partial charge on any atom is -0.340 e. The summed E-state index contributed by atoms with van der Waals surface area (Å²) in [6, 6.07) is 11.5. The van der Waals surface area contributed by atoms with Gasteiger partial charge in [0.2, 0.25) is 9.84 Å². The minimum absolute atomic E-state index is 0.0352. The van der Waals surface area contributed by atoms with Gasteiger partial charge in [-0.1, -0.05) is 30.3 Å². The molecule has 0 aromatic heterocycles. The van der Waals surface area contributed by atoms with Gasteiger partial charge in [-0.2, -0.15) is 8.78 Å². The van der Waals surface area contributed by atoms with E-state index in [1.54, 1.807) is 30.3 Å². The fourth-order valence-corrected chi connectivity index (χ4v) is 3.00. The number of halogens is 2. The molecule has 3 N–H and O–H groups in total. The number of nitrogens with one attached hydrogen (secondary N) is 2. The summed E-state index contributed by atoms with van der Waals surface area (Å²) in [6.07, 6.45) is 0.0941. The third-order valence-corrected chi connectivity index (χ3v) is 5.09. The molecule has 2 amide bonds. The van der Waals surface area contributed by atoms with E-state index in [1.807, 2.05) is 0 Å². The van der Waals surface area contributed by atoms with Crippen LogP contribution in [0.15, 0.2) is 59.5 Å². The Kier molecular flexibility index (Phi) is 6.59. The number of sulfone groups is 1. The Morgan fingerprint density at radius 1 is 1.00 bits per heavy atom. The van der Waals surface area contributed by atoms with Crippen LogP contribution >= 0.6 is 0 Å². The van der Waals surface area contributed by atoms with Crippen molar-refractivity contribution < 1.29 is 32.0 Å². The molecule has 2 aromatic carbocycles. The van der Waals surface area contributed by atoms with E-state index in [-0.39, 0.29) is 12.0 Å². The van der Waals surface area contributed by atoms with Crippen LogP contribution in [0.25, 0.3) is 0 Å². The van der Waals surface area contributed by atoms with Crippen LogP contribution in [0.1, 0.15) is 15.9 Å². The molecule has 0 saturated heterocycles. The highest BCUT2D eigenvalue weighted by Crippen LogP contribution is 2.18. The second kappa shape index (κ2) is 8.69. The molecule has 0 aliphatic carbocycles. The molecule has 27 heavy (non-hydrogen) atoms. The number of amides is 2. The molecule has 2 aromatic rings. The van der Waals surface area contributed by atoms with E-state index >= 15 is 0 Å². The Labute approximate surface area is 153 Å². The van der Waals surface area contributed by atoms with Gasteiger partial charge in [-0.25, -0.2) is 13.9 Å². The molecule has 0 saturated carbocycles. The average Bonchev–Trinajstić information content (AvgIpc) is 2.67. The topological polar surface area (TPSA) is 113 Å². The van der Waals surface area contributed by atoms with Crippen LogP contribution in [0, 0.1) is 0 Å². The van der Waals surface area contributed by atoms with Crippen LogP contribution in [0.3, 0.4) is 0 Å². The predicted molar refractivity (Wildman–Crippen MR) is 91.0 cm³/mol. The van der Waals surface area contributed by atoms with Gasteiger partial charge in [0.05, 0.1) is 4.90 Å². The standard InChI is InChI=1S/C17H16F2N2O5S/c18-17(19)27(25,26)13-8-6-12(7-9-13)15(22)20-14(16(23)21-24)10-11-4-2-1-3-5-11/h1-9,14,17,24H,10H2,(H,20,22)(H,21,23). The summed E-state index contributed by atoms with van der Waals surface area (Å²) in [6.45, 7) is 0. The highest BCUT2D eigenvalue weighted by Gasteiger charge is 2.27. The van der Waals surface area contributed by atoms with Gasteiger partial charge in [0, 0.05) is 12.0 Å². The molecule has 144 valence electrons. The van der Waals surface area contributed by atoms with Crippen LogP contribution in [0.4, 0.5) is 8.78 Å². The third-order valence-electron chi connectivity index (χ3n) is 3.69. The zero-order valence-corrected chi connectivity index (χ0v) is 14.6. The van der Waals surface area contributed by atoms with Crippen molar-refractivity contribution >= 4 is 21.7 Å². The Hall–Kier alpha value is -2.85. The normalized spacial score (nSPS) is 12.4. The zero-order chi connectivity index (χ0) is 20.0. The maximum absolute atomic E-state index is 12.5. The summed E-state index contributed by atoms with van der Waals surface area (Å²) < 4.78 is 47.8. The number of benzene rings is 2. The largest absolute Gasteiger partial charge is 0.341 e. The van der Waals surface area contributed by atoms with E-state index < -0.39 is 38.3 Å². The van der Waals surface area contributed by atoms with Crippen molar-refractivity contribution in [3.8, 4) is 0 Å². The van der Waals surface area contributed by atoms with Gasteiger partial charge in [0.1, 0.15) is 6.04 Å². The van der Waals surface area contributed by atoms with E-state index in [1.165, 1.54) is 5.48 Å². The van der Waals surface area contributed by atoms with Crippen molar-refractivity contribution in [3.05, 3.63) is 65.7 Å². The number of carbonyl (C=O) groups excluding carboxylic acids is 2. The van der Waals surface area contributed by atoms with Crippen LogP contribution in [-0.4, -0.2) is 37.2 Å². The Morgan fingerprint density at radius 3 is 2.11 bits per heavy atom. The van der Waals surface area contributed by atoms with Gasteiger partial charge in [-0.05, 0) is 29.8 Å². The lowest BCUT2D eigenvalue weighted by Gasteiger charge is -2.17. The summed E-state index contributed by atoms with van der Waals surface area (Å²) in [5, 5.41) is 11.3. The number of hydrogen-bond donors (Lipinski definition) is 3. The van der Waals surface area contributed by atoms with Crippen molar-refractivity contribution in [2.45, 2.75) is 23.1 Å². The van der Waals surface area contributed by atoms with E-state index in [0.29, 0.717) is 0 Å². The Balaban J connectivity index is 2.16. The first-order valence-corrected chi connectivity index (χ1v) is 9.21. The van der Waals surface area contributed by atoms with Crippen LogP contribution in [-0.2, 0) is 21.1 Å². The maximum Gasteiger partial charge on any atom is 0.341 e. The highest BCUT2D eigenvalue weighted by atomic mass is 32.2. The molecule has 0 bridgehead atoms. The molecule has 0 fully saturated rings. The number of alkyl halides is 2. The van der Waals surface area contributed by atoms with Gasteiger partial charge >= 0.3 is 5.76 Å². The van der Waals surface area contributed by atoms with Gasteiger partial charge in [-0.15, -0.1) is 0 Å². The SMILES string of the molecule is O=C(NC(Cc1ccccc1)C(=O)NO)c1ccc(S(=O)(=O)C(F)F)cc1. The first-order chi connectivity index (χ1) is 12.8. The van der Waals surface area contributed by atoms with Crippen LogP contribution in [0.5, 0.6) is 0 Å².